The van der Waals surface area contributed by atoms with Crippen LogP contribution in [0.15, 0.2) is 30.3 Å². The van der Waals surface area contributed by atoms with Crippen molar-refractivity contribution in [1.82, 2.24) is 10.2 Å². The third kappa shape index (κ3) is 3.63. The van der Waals surface area contributed by atoms with E-state index in [9.17, 15) is 4.79 Å². The number of hydrogen-bond donors (Lipinski definition) is 1. The van der Waals surface area contributed by atoms with Gasteiger partial charge in [0, 0.05) is 19.6 Å². The third-order valence-corrected chi connectivity index (χ3v) is 7.84. The highest BCUT2D eigenvalue weighted by atomic mass is 16.2. The van der Waals surface area contributed by atoms with Crippen LogP contribution in [0.1, 0.15) is 71.3 Å². The summed E-state index contributed by atoms with van der Waals surface area (Å²) in [5.41, 5.74) is 1.80. The second-order valence-electron chi connectivity index (χ2n) is 10.7. The van der Waals surface area contributed by atoms with Gasteiger partial charge in [0.15, 0.2) is 0 Å². The molecule has 3 heteroatoms. The van der Waals surface area contributed by atoms with Crippen LogP contribution < -0.4 is 5.32 Å². The lowest BCUT2D eigenvalue weighted by Crippen LogP contribution is -2.55. The van der Waals surface area contributed by atoms with Crippen molar-refractivity contribution in [2.45, 2.75) is 71.1 Å². The van der Waals surface area contributed by atoms with Gasteiger partial charge in [0.25, 0.3) is 0 Å². The van der Waals surface area contributed by atoms with Crippen molar-refractivity contribution in [3.8, 4) is 0 Å². The largest absolute Gasteiger partial charge is 0.341 e. The van der Waals surface area contributed by atoms with Crippen LogP contribution in [0.4, 0.5) is 0 Å². The fraction of sp³-hybridized carbons (Fsp3) is 0.720. The minimum absolute atomic E-state index is 0.154. The number of fused-ring (bicyclic) bond motifs is 2. The van der Waals surface area contributed by atoms with Gasteiger partial charge in [-0.2, -0.15) is 0 Å². The molecule has 1 saturated heterocycles. The lowest BCUT2D eigenvalue weighted by Gasteiger charge is -2.58. The van der Waals surface area contributed by atoms with Crippen molar-refractivity contribution >= 4 is 5.91 Å². The first-order valence-corrected chi connectivity index (χ1v) is 11.4. The van der Waals surface area contributed by atoms with E-state index < -0.39 is 0 Å². The standard InChI is InChI=1S/C25H38N2O/c1-4-24(22(28)27-13-8-11-26-12-14-27)16-20-15-23(2,3)18-25(17-20,19-24)21-9-6-5-7-10-21/h5-7,9-10,20,26H,4,8,11-19H2,1-3H3. The summed E-state index contributed by atoms with van der Waals surface area (Å²) in [6.45, 7) is 10.9. The fourth-order valence-corrected chi connectivity index (χ4v) is 7.10. The minimum Gasteiger partial charge on any atom is -0.341 e. The van der Waals surface area contributed by atoms with Crippen LogP contribution in [-0.2, 0) is 10.2 Å². The van der Waals surface area contributed by atoms with Crippen LogP contribution in [-0.4, -0.2) is 37.0 Å². The number of carbonyl (C=O) groups excluding carboxylic acids is 1. The number of amides is 1. The molecule has 0 aromatic heterocycles. The molecule has 1 amide bonds. The Balaban J connectivity index is 1.71. The maximum absolute atomic E-state index is 13.9. The molecule has 2 saturated carbocycles. The van der Waals surface area contributed by atoms with Crippen LogP contribution in [0.2, 0.25) is 0 Å². The Bertz CT molecular complexity index is 692. The highest BCUT2D eigenvalue weighted by Gasteiger charge is 2.57. The molecule has 1 aromatic carbocycles. The van der Waals surface area contributed by atoms with E-state index in [1.807, 2.05) is 0 Å². The zero-order valence-corrected chi connectivity index (χ0v) is 18.1. The Morgan fingerprint density at radius 2 is 1.86 bits per heavy atom. The zero-order valence-electron chi connectivity index (χ0n) is 18.1. The maximum atomic E-state index is 13.9. The lowest BCUT2D eigenvalue weighted by atomic mass is 9.46. The maximum Gasteiger partial charge on any atom is 0.228 e. The molecule has 1 heterocycles. The van der Waals surface area contributed by atoms with Gasteiger partial charge in [0.2, 0.25) is 5.91 Å². The SMILES string of the molecule is CCC1(C(=O)N2CCCNCC2)CC2CC(C)(C)CC(c3ccccc3)(C2)C1. The summed E-state index contributed by atoms with van der Waals surface area (Å²) in [6.07, 6.45) is 7.90. The lowest BCUT2D eigenvalue weighted by molar-refractivity contribution is -0.150. The Morgan fingerprint density at radius 1 is 1.07 bits per heavy atom. The smallest absolute Gasteiger partial charge is 0.228 e. The minimum atomic E-state index is -0.181. The second kappa shape index (κ2) is 7.48. The van der Waals surface area contributed by atoms with E-state index in [1.165, 1.54) is 24.8 Å². The molecular formula is C25H38N2O. The Morgan fingerprint density at radius 3 is 2.61 bits per heavy atom. The highest BCUT2D eigenvalue weighted by molar-refractivity contribution is 5.83. The molecule has 2 aliphatic carbocycles. The van der Waals surface area contributed by atoms with Gasteiger partial charge in [-0.1, -0.05) is 51.1 Å². The van der Waals surface area contributed by atoms with E-state index in [1.54, 1.807) is 0 Å². The molecule has 4 rings (SSSR count). The van der Waals surface area contributed by atoms with Gasteiger partial charge in [-0.05, 0) is 73.8 Å². The normalized spacial score (nSPS) is 35.2. The molecule has 3 atom stereocenters. The van der Waals surface area contributed by atoms with Crippen molar-refractivity contribution in [2.24, 2.45) is 16.7 Å². The van der Waals surface area contributed by atoms with Crippen LogP contribution in [0.25, 0.3) is 0 Å². The summed E-state index contributed by atoms with van der Waals surface area (Å²) < 4.78 is 0. The number of nitrogens with zero attached hydrogens (tertiary/aromatic N) is 1. The molecular weight excluding hydrogens is 344 g/mol. The number of rotatable bonds is 3. The van der Waals surface area contributed by atoms with E-state index in [-0.39, 0.29) is 10.8 Å². The third-order valence-electron chi connectivity index (χ3n) is 7.84. The van der Waals surface area contributed by atoms with Gasteiger partial charge in [0.1, 0.15) is 0 Å². The summed E-state index contributed by atoms with van der Waals surface area (Å²) in [5, 5.41) is 3.46. The quantitative estimate of drug-likeness (QED) is 0.817. The molecule has 28 heavy (non-hydrogen) atoms. The first-order valence-electron chi connectivity index (χ1n) is 11.4. The summed E-state index contributed by atoms with van der Waals surface area (Å²) in [7, 11) is 0. The van der Waals surface area contributed by atoms with Gasteiger partial charge in [-0.3, -0.25) is 4.79 Å². The molecule has 3 nitrogen and oxygen atoms in total. The number of hydrogen-bond acceptors (Lipinski definition) is 2. The van der Waals surface area contributed by atoms with Gasteiger partial charge >= 0.3 is 0 Å². The van der Waals surface area contributed by atoms with Gasteiger partial charge in [0.05, 0.1) is 5.41 Å². The van der Waals surface area contributed by atoms with Gasteiger partial charge < -0.3 is 10.2 Å². The van der Waals surface area contributed by atoms with Gasteiger partial charge in [-0.25, -0.2) is 0 Å². The van der Waals surface area contributed by atoms with Crippen molar-refractivity contribution in [1.29, 1.82) is 0 Å². The molecule has 1 N–H and O–H groups in total. The Labute approximate surface area is 171 Å². The van der Waals surface area contributed by atoms with Crippen LogP contribution >= 0.6 is 0 Å². The van der Waals surface area contributed by atoms with Crippen molar-refractivity contribution < 1.29 is 4.79 Å². The zero-order chi connectivity index (χ0) is 19.8. The predicted octanol–water partition coefficient (Wildman–Crippen LogP) is 4.76. The summed E-state index contributed by atoms with van der Waals surface area (Å²) >= 11 is 0. The molecule has 3 fully saturated rings. The average Bonchev–Trinajstić information content (AvgIpc) is 2.95. The van der Waals surface area contributed by atoms with E-state index in [4.69, 9.17) is 0 Å². The van der Waals surface area contributed by atoms with Crippen molar-refractivity contribution in [3.63, 3.8) is 0 Å². The molecule has 0 radical (unpaired) electrons. The molecule has 1 aromatic rings. The molecule has 0 spiro atoms. The molecule has 3 aliphatic rings. The molecule has 3 unspecified atom stereocenters. The summed E-state index contributed by atoms with van der Waals surface area (Å²) in [4.78, 5) is 16.1. The summed E-state index contributed by atoms with van der Waals surface area (Å²) in [5.74, 6) is 1.11. The van der Waals surface area contributed by atoms with Crippen LogP contribution in [0.3, 0.4) is 0 Å². The number of carbonyl (C=O) groups is 1. The van der Waals surface area contributed by atoms with E-state index in [2.05, 4.69) is 61.3 Å². The first kappa shape index (κ1) is 19.9. The Kier molecular flexibility index (Phi) is 5.33. The number of benzene rings is 1. The molecule has 1 aliphatic heterocycles. The molecule has 154 valence electrons. The highest BCUT2D eigenvalue weighted by Crippen LogP contribution is 2.62. The van der Waals surface area contributed by atoms with E-state index in [0.29, 0.717) is 17.2 Å². The van der Waals surface area contributed by atoms with Gasteiger partial charge in [-0.15, -0.1) is 0 Å². The second-order valence-corrected chi connectivity index (χ2v) is 10.7. The summed E-state index contributed by atoms with van der Waals surface area (Å²) in [6, 6.07) is 11.1. The van der Waals surface area contributed by atoms with E-state index >= 15 is 0 Å². The van der Waals surface area contributed by atoms with Crippen molar-refractivity contribution in [3.05, 3.63) is 35.9 Å². The Hall–Kier alpha value is -1.35. The average molecular weight is 383 g/mol. The van der Waals surface area contributed by atoms with Crippen LogP contribution in [0, 0.1) is 16.7 Å². The number of nitrogens with one attached hydrogen (secondary N) is 1. The molecule has 2 bridgehead atoms. The predicted molar refractivity (Wildman–Crippen MR) is 115 cm³/mol. The van der Waals surface area contributed by atoms with Crippen molar-refractivity contribution in [2.75, 3.05) is 26.2 Å². The fourth-order valence-electron chi connectivity index (χ4n) is 7.10. The van der Waals surface area contributed by atoms with E-state index in [0.717, 1.165) is 51.9 Å². The first-order chi connectivity index (χ1) is 13.4. The topological polar surface area (TPSA) is 32.3 Å². The van der Waals surface area contributed by atoms with Crippen LogP contribution in [0.5, 0.6) is 0 Å². The monoisotopic (exact) mass is 382 g/mol.